The van der Waals surface area contributed by atoms with Gasteiger partial charge in [-0.2, -0.15) is 0 Å². The average Bonchev–Trinajstić information content (AvgIpc) is 3.55. The van der Waals surface area contributed by atoms with Gasteiger partial charge in [-0.3, -0.25) is 0 Å². The zero-order valence-corrected chi connectivity index (χ0v) is 19.4. The summed E-state index contributed by atoms with van der Waals surface area (Å²) in [6.07, 6.45) is 20.1. The summed E-state index contributed by atoms with van der Waals surface area (Å²) in [5.41, 5.74) is 2.82. The summed E-state index contributed by atoms with van der Waals surface area (Å²) in [6.45, 7) is 4.91. The minimum Gasteiger partial charge on any atom is -0.371 e. The Morgan fingerprint density at radius 3 is 1.35 bits per heavy atom. The highest BCUT2D eigenvalue weighted by molar-refractivity contribution is 8.00. The number of anilines is 2. The van der Waals surface area contributed by atoms with Crippen molar-refractivity contribution in [3.05, 3.63) is 49.1 Å². The van der Waals surface area contributed by atoms with Gasteiger partial charge < -0.3 is 9.80 Å². The van der Waals surface area contributed by atoms with Crippen LogP contribution in [0.5, 0.6) is 0 Å². The van der Waals surface area contributed by atoms with Crippen LogP contribution in [0.15, 0.2) is 49.1 Å². The molecule has 6 rings (SSSR count). The van der Waals surface area contributed by atoms with E-state index in [0.717, 1.165) is 10.5 Å². The van der Waals surface area contributed by atoms with Crippen molar-refractivity contribution in [3.8, 4) is 0 Å². The quantitative estimate of drug-likeness (QED) is 0.664. The smallest absolute Gasteiger partial charge is 0.171 e. The van der Waals surface area contributed by atoms with Gasteiger partial charge >= 0.3 is 0 Å². The second kappa shape index (κ2) is 8.65. The van der Waals surface area contributed by atoms with Crippen LogP contribution in [0.1, 0.15) is 63.5 Å². The molecule has 0 radical (unpaired) electrons. The molecule has 4 saturated heterocycles. The SMILES string of the molecule is c1c[n+](C2CCC3SC2CCC3[n+]2ccc(N3CCCC3)cc2)ccc1N1CCCC1. The molecule has 0 aliphatic carbocycles. The van der Waals surface area contributed by atoms with Crippen molar-refractivity contribution in [2.45, 2.75) is 74.0 Å². The summed E-state index contributed by atoms with van der Waals surface area (Å²) in [6, 6.07) is 10.7. The Kier molecular flexibility index (Phi) is 5.55. The van der Waals surface area contributed by atoms with E-state index in [1.807, 2.05) is 0 Å². The van der Waals surface area contributed by atoms with Crippen molar-refractivity contribution in [2.75, 3.05) is 36.0 Å². The minimum atomic E-state index is 0.664. The second-order valence-electron chi connectivity index (χ2n) is 9.90. The van der Waals surface area contributed by atoms with Crippen LogP contribution < -0.4 is 18.9 Å². The summed E-state index contributed by atoms with van der Waals surface area (Å²) >= 11 is 2.28. The van der Waals surface area contributed by atoms with Gasteiger partial charge in [-0.15, -0.1) is 11.8 Å². The summed E-state index contributed by atoms with van der Waals surface area (Å²) in [7, 11) is 0. The van der Waals surface area contributed by atoms with E-state index in [1.165, 1.54) is 88.9 Å². The molecule has 2 bridgehead atoms. The molecule has 4 aliphatic heterocycles. The number of fused-ring (bicyclic) bond motifs is 2. The van der Waals surface area contributed by atoms with Gasteiger partial charge in [0, 0.05) is 74.7 Å². The van der Waals surface area contributed by atoms with Crippen LogP contribution in [0.25, 0.3) is 0 Å². The van der Waals surface area contributed by atoms with E-state index in [-0.39, 0.29) is 0 Å². The lowest BCUT2D eigenvalue weighted by atomic mass is 9.91. The highest BCUT2D eigenvalue weighted by Crippen LogP contribution is 2.47. The van der Waals surface area contributed by atoms with Crippen LogP contribution in [0.2, 0.25) is 0 Å². The van der Waals surface area contributed by atoms with Crippen LogP contribution in [0.3, 0.4) is 0 Å². The third-order valence-electron chi connectivity index (χ3n) is 8.08. The summed E-state index contributed by atoms with van der Waals surface area (Å²) in [4.78, 5) is 5.07. The molecule has 5 heteroatoms. The fourth-order valence-corrected chi connectivity index (χ4v) is 8.23. The average molecular weight is 437 g/mol. The van der Waals surface area contributed by atoms with Gasteiger partial charge in [0.15, 0.2) is 36.9 Å². The third kappa shape index (κ3) is 3.94. The summed E-state index contributed by atoms with van der Waals surface area (Å²) < 4.78 is 5.04. The Morgan fingerprint density at radius 1 is 0.581 bits per heavy atom. The first-order valence-corrected chi connectivity index (χ1v) is 13.5. The number of pyridine rings is 2. The molecule has 2 aromatic rings. The maximum absolute atomic E-state index is 2.54. The third-order valence-corrected chi connectivity index (χ3v) is 9.88. The van der Waals surface area contributed by atoms with E-state index in [9.17, 15) is 0 Å². The molecule has 4 atom stereocenters. The molecule has 0 amide bonds. The molecule has 0 aromatic carbocycles. The van der Waals surface area contributed by atoms with Crippen molar-refractivity contribution in [3.63, 3.8) is 0 Å². The molecule has 164 valence electrons. The number of aromatic nitrogens is 2. The highest BCUT2D eigenvalue weighted by Gasteiger charge is 2.46. The van der Waals surface area contributed by atoms with Gasteiger partial charge in [0.25, 0.3) is 0 Å². The first-order chi connectivity index (χ1) is 15.3. The Morgan fingerprint density at radius 2 is 0.968 bits per heavy atom. The minimum absolute atomic E-state index is 0.664. The van der Waals surface area contributed by atoms with E-state index in [0.29, 0.717) is 12.1 Å². The number of hydrogen-bond acceptors (Lipinski definition) is 3. The van der Waals surface area contributed by atoms with Crippen LogP contribution in [-0.4, -0.2) is 36.7 Å². The van der Waals surface area contributed by atoms with Gasteiger partial charge in [-0.1, -0.05) is 0 Å². The number of nitrogens with zero attached hydrogens (tertiary/aromatic N) is 4. The molecule has 4 nitrogen and oxygen atoms in total. The lowest BCUT2D eigenvalue weighted by Gasteiger charge is -2.39. The lowest BCUT2D eigenvalue weighted by molar-refractivity contribution is -0.733. The van der Waals surface area contributed by atoms with Crippen molar-refractivity contribution >= 4 is 23.1 Å². The predicted molar refractivity (Wildman–Crippen MR) is 128 cm³/mol. The van der Waals surface area contributed by atoms with E-state index < -0.39 is 0 Å². The highest BCUT2D eigenvalue weighted by atomic mass is 32.2. The van der Waals surface area contributed by atoms with Gasteiger partial charge in [0.05, 0.1) is 10.5 Å². The Hall–Kier alpha value is -1.75. The van der Waals surface area contributed by atoms with Gasteiger partial charge in [0.2, 0.25) is 0 Å². The molecular weight excluding hydrogens is 400 g/mol. The molecule has 6 heterocycles. The monoisotopic (exact) mass is 436 g/mol. The van der Waals surface area contributed by atoms with Crippen LogP contribution in [0, 0.1) is 0 Å². The van der Waals surface area contributed by atoms with Crippen molar-refractivity contribution in [1.82, 2.24) is 0 Å². The molecule has 0 spiro atoms. The molecule has 0 saturated carbocycles. The maximum Gasteiger partial charge on any atom is 0.171 e. The maximum atomic E-state index is 2.54. The topological polar surface area (TPSA) is 14.2 Å². The van der Waals surface area contributed by atoms with Gasteiger partial charge in [-0.05, 0) is 38.5 Å². The molecule has 0 N–H and O–H groups in total. The van der Waals surface area contributed by atoms with Crippen LogP contribution in [-0.2, 0) is 0 Å². The van der Waals surface area contributed by atoms with Crippen LogP contribution >= 0.6 is 11.8 Å². The fraction of sp³-hybridized carbons (Fsp3) is 0.615. The van der Waals surface area contributed by atoms with Crippen LogP contribution in [0.4, 0.5) is 11.4 Å². The summed E-state index contributed by atoms with van der Waals surface area (Å²) in [5, 5.41) is 1.53. The number of thioether (sulfide) groups is 1. The van der Waals surface area contributed by atoms with E-state index in [1.54, 1.807) is 0 Å². The molecular formula is C26H36N4S+2. The van der Waals surface area contributed by atoms with E-state index in [4.69, 9.17) is 0 Å². The lowest BCUT2D eigenvalue weighted by Crippen LogP contribution is -2.54. The number of rotatable bonds is 4. The standard InChI is InChI=1S/C26H36N4S/c1-2-14-27(13-1)21-9-17-29(18-10-21)23-5-7-26-24(6-8-25(23)31-26)30-19-11-22(12-20-30)28-15-3-4-16-28/h9-12,17-20,23-26H,1-8,13-16H2/q+2. The zero-order valence-electron chi connectivity index (χ0n) is 18.6. The molecule has 4 fully saturated rings. The van der Waals surface area contributed by atoms with E-state index >= 15 is 0 Å². The number of hydrogen-bond donors (Lipinski definition) is 0. The van der Waals surface area contributed by atoms with Crippen molar-refractivity contribution < 1.29 is 9.13 Å². The van der Waals surface area contributed by atoms with Gasteiger partial charge in [-0.25, -0.2) is 9.13 Å². The zero-order chi connectivity index (χ0) is 20.6. The van der Waals surface area contributed by atoms with Crippen molar-refractivity contribution in [1.29, 1.82) is 0 Å². The Bertz CT molecular complexity index is 798. The van der Waals surface area contributed by atoms with E-state index in [2.05, 4.69) is 79.7 Å². The first-order valence-electron chi connectivity index (χ1n) is 12.5. The van der Waals surface area contributed by atoms with Crippen molar-refractivity contribution in [2.24, 2.45) is 0 Å². The Labute approximate surface area is 191 Å². The molecule has 4 aliphatic rings. The molecule has 2 aromatic heterocycles. The summed E-state index contributed by atoms with van der Waals surface area (Å²) in [5.74, 6) is 0. The first kappa shape index (κ1) is 19.9. The normalized spacial score (nSPS) is 30.7. The fourth-order valence-electron chi connectivity index (χ4n) is 6.33. The molecule has 4 unspecified atom stereocenters. The predicted octanol–water partition coefficient (Wildman–Crippen LogP) is 4.30. The largest absolute Gasteiger partial charge is 0.371 e. The molecule has 31 heavy (non-hydrogen) atoms. The Balaban J connectivity index is 1.11. The van der Waals surface area contributed by atoms with Gasteiger partial charge in [0.1, 0.15) is 0 Å². The second-order valence-corrected chi connectivity index (χ2v) is 11.4.